The van der Waals surface area contributed by atoms with Crippen LogP contribution in [0.15, 0.2) is 210 Å². The van der Waals surface area contributed by atoms with Gasteiger partial charge in [0, 0.05) is 47.8 Å². The molecule has 0 fully saturated rings. The molecule has 0 aliphatic heterocycles. The van der Waals surface area contributed by atoms with Crippen LogP contribution >= 0.6 is 22.7 Å². The molecule has 12 rings (SSSR count). The van der Waals surface area contributed by atoms with Crippen molar-refractivity contribution >= 4 is 90.7 Å². The number of allylic oxidation sites excluding steroid dienone is 4. The summed E-state index contributed by atoms with van der Waals surface area (Å²) in [5, 5.41) is 0. The fraction of sp³-hybridized carbons (Fsp3) is 0.0938. The Morgan fingerprint density at radius 2 is 0.769 bits per heavy atom. The van der Waals surface area contributed by atoms with Gasteiger partial charge in [0.25, 0.3) is 0 Å². The molecule has 0 atom stereocenters. The van der Waals surface area contributed by atoms with E-state index in [2.05, 4.69) is 0 Å². The van der Waals surface area contributed by atoms with Crippen LogP contribution in [0, 0.1) is 5.41 Å². The summed E-state index contributed by atoms with van der Waals surface area (Å²) in [4.78, 5) is 121. The SMILES string of the molecule is O=C1C(=CC2=CC3=C(c4sc5cc(C=C6C(=O)c7ccccc7C6=O)sc5c4C3(C(=O)OCc3ccccc3)C(=O)OCc3ccccc3)C2(C(=O)OCc2ccccc2)C(=O)OCc2ccccc2)C(=O)c2ccccc21. The number of ether oxygens (including phenoxy) is 4. The van der Waals surface area contributed by atoms with E-state index in [4.69, 9.17) is 18.9 Å². The zero-order chi connectivity index (χ0) is 53.7. The average Bonchev–Trinajstić information content (AvgIpc) is 4.37. The van der Waals surface area contributed by atoms with Gasteiger partial charge in [0.2, 0.25) is 10.8 Å². The molecule has 380 valence electrons. The van der Waals surface area contributed by atoms with Gasteiger partial charge in [0.05, 0.1) is 15.8 Å². The van der Waals surface area contributed by atoms with Gasteiger partial charge >= 0.3 is 23.9 Å². The number of rotatable bonds is 14. The quantitative estimate of drug-likeness (QED) is 0.0332. The Balaban J connectivity index is 1.12. The first-order valence-corrected chi connectivity index (χ1v) is 26.3. The summed E-state index contributed by atoms with van der Waals surface area (Å²) in [6.45, 7) is -1.40. The number of hydrogen-bond acceptors (Lipinski definition) is 14. The lowest BCUT2D eigenvalue weighted by Gasteiger charge is -2.30. The first-order chi connectivity index (χ1) is 38.0. The molecule has 0 spiro atoms. The summed E-state index contributed by atoms with van der Waals surface area (Å²) in [6, 6.07) is 49.3. The number of thiophene rings is 2. The Morgan fingerprint density at radius 1 is 0.423 bits per heavy atom. The molecule has 0 saturated heterocycles. The monoisotopic (exact) mass is 1060 g/mol. The normalized spacial score (nSPS) is 15.4. The highest BCUT2D eigenvalue weighted by Gasteiger charge is 2.70. The molecule has 2 aromatic heterocycles. The van der Waals surface area contributed by atoms with Gasteiger partial charge in [-0.25, -0.2) is 0 Å². The molecule has 12 nitrogen and oxygen atoms in total. The highest BCUT2D eigenvalue weighted by Crippen LogP contribution is 2.66. The summed E-state index contributed by atoms with van der Waals surface area (Å²) >= 11 is 2.10. The lowest BCUT2D eigenvalue weighted by molar-refractivity contribution is -0.167. The van der Waals surface area contributed by atoms with E-state index in [0.29, 0.717) is 36.5 Å². The standard InChI is InChI=1S/C64H40O12S2/c65-53-43-25-13-14-26-44(43)54(66)47(53)29-41-30-49-51(63(41,59(69)73-33-37-17-5-1-6-18-37)60(70)74-34-38-19-7-2-8-20-38)58-52(57-50(78-58)32-42(77-57)31-48-55(67)45-27-15-16-28-46(45)56(48)68)64(49,61(71)75-35-39-21-9-3-10-22-39)62(72)76-36-40-23-11-4-12-24-40/h1-32H,33-36H2. The van der Waals surface area contributed by atoms with E-state index in [1.807, 2.05) is 0 Å². The Bertz CT molecular complexity index is 3820. The largest absolute Gasteiger partial charge is 0.459 e. The van der Waals surface area contributed by atoms with Crippen LogP contribution in [0.4, 0.5) is 0 Å². The van der Waals surface area contributed by atoms with Crippen LogP contribution < -0.4 is 0 Å². The molecule has 14 heteroatoms. The van der Waals surface area contributed by atoms with Gasteiger partial charge in [-0.15, -0.1) is 22.7 Å². The number of Topliss-reactive ketones (excluding diaryl/α,β-unsaturated/α-hetero) is 4. The van der Waals surface area contributed by atoms with Gasteiger partial charge in [-0.2, -0.15) is 0 Å². The zero-order valence-corrected chi connectivity index (χ0v) is 42.7. The van der Waals surface area contributed by atoms with E-state index in [9.17, 15) is 19.2 Å². The van der Waals surface area contributed by atoms with Crippen molar-refractivity contribution in [1.82, 2.24) is 0 Å². The maximum Gasteiger partial charge on any atom is 0.333 e. The van der Waals surface area contributed by atoms with E-state index in [1.54, 1.807) is 164 Å². The molecule has 4 aliphatic rings. The Hall–Kier alpha value is -9.50. The average molecular weight is 1070 g/mol. The van der Waals surface area contributed by atoms with Gasteiger partial charge in [0.15, 0.2) is 23.1 Å². The minimum atomic E-state index is -2.76. The molecule has 2 heterocycles. The van der Waals surface area contributed by atoms with E-state index in [0.717, 1.165) is 28.7 Å². The van der Waals surface area contributed by atoms with Crippen LogP contribution in [0.25, 0.3) is 21.0 Å². The molecule has 6 aromatic carbocycles. The van der Waals surface area contributed by atoms with Gasteiger partial charge < -0.3 is 18.9 Å². The van der Waals surface area contributed by atoms with E-state index >= 15 is 19.2 Å². The smallest absolute Gasteiger partial charge is 0.333 e. The summed E-state index contributed by atoms with van der Waals surface area (Å²) in [5.41, 5.74) is -3.68. The van der Waals surface area contributed by atoms with Crippen molar-refractivity contribution in [3.8, 4) is 0 Å². The first kappa shape index (κ1) is 49.4. The van der Waals surface area contributed by atoms with Crippen molar-refractivity contribution < 1.29 is 57.3 Å². The van der Waals surface area contributed by atoms with Crippen LogP contribution in [-0.4, -0.2) is 47.0 Å². The third-order valence-corrected chi connectivity index (χ3v) is 16.6. The van der Waals surface area contributed by atoms with Gasteiger partial charge in [-0.1, -0.05) is 176 Å². The van der Waals surface area contributed by atoms with E-state index < -0.39 is 63.4 Å². The highest BCUT2D eigenvalue weighted by atomic mass is 32.1. The number of hydrogen-bond donors (Lipinski definition) is 0. The minimum Gasteiger partial charge on any atom is -0.459 e. The minimum absolute atomic E-state index is 0.00473. The second-order valence-corrected chi connectivity index (χ2v) is 20.9. The molecule has 0 bridgehead atoms. The lowest BCUT2D eigenvalue weighted by atomic mass is 9.75. The van der Waals surface area contributed by atoms with E-state index in [1.165, 1.54) is 24.3 Å². The first-order valence-electron chi connectivity index (χ1n) is 24.7. The Labute approximate surface area is 453 Å². The number of benzene rings is 6. The van der Waals surface area contributed by atoms with Crippen molar-refractivity contribution in [3.05, 3.63) is 270 Å². The maximum atomic E-state index is 16.0. The maximum absolute atomic E-state index is 16.0. The molecule has 0 amide bonds. The topological polar surface area (TPSA) is 173 Å². The lowest BCUT2D eigenvalue weighted by Crippen LogP contribution is -2.46. The third-order valence-electron chi connectivity index (χ3n) is 14.2. The van der Waals surface area contributed by atoms with Crippen LogP contribution in [0.1, 0.15) is 79.0 Å². The fourth-order valence-electron chi connectivity index (χ4n) is 10.5. The van der Waals surface area contributed by atoms with Crippen molar-refractivity contribution in [2.75, 3.05) is 0 Å². The second kappa shape index (κ2) is 19.9. The van der Waals surface area contributed by atoms with Crippen LogP contribution in [0.5, 0.6) is 0 Å². The Kier molecular flexibility index (Phi) is 12.6. The number of carbonyl (C=O) groups excluding carboxylic acids is 8. The number of fused-ring (bicyclic) bond motifs is 6. The van der Waals surface area contributed by atoms with Gasteiger partial charge in [-0.05, 0) is 51.6 Å². The molecule has 8 aromatic rings. The second-order valence-electron chi connectivity index (χ2n) is 18.8. The predicted molar refractivity (Wildman–Crippen MR) is 290 cm³/mol. The van der Waals surface area contributed by atoms with Gasteiger partial charge in [0.1, 0.15) is 26.4 Å². The number of carbonyl (C=O) groups is 8. The van der Waals surface area contributed by atoms with Crippen molar-refractivity contribution in [1.29, 1.82) is 0 Å². The summed E-state index contributed by atoms with van der Waals surface area (Å²) < 4.78 is 25.6. The molecule has 0 radical (unpaired) electrons. The fourth-order valence-corrected chi connectivity index (χ4v) is 13.3. The molecular weight excluding hydrogens is 1020 g/mol. The molecule has 0 saturated carbocycles. The van der Waals surface area contributed by atoms with Crippen molar-refractivity contribution in [2.45, 2.75) is 31.8 Å². The highest BCUT2D eigenvalue weighted by molar-refractivity contribution is 7.29. The van der Waals surface area contributed by atoms with Crippen LogP contribution in [-0.2, 0) is 70.0 Å². The molecule has 78 heavy (non-hydrogen) atoms. The third kappa shape index (κ3) is 8.03. The zero-order valence-electron chi connectivity index (χ0n) is 41.0. The van der Waals surface area contributed by atoms with E-state index in [-0.39, 0.29) is 81.4 Å². The van der Waals surface area contributed by atoms with Crippen LogP contribution in [0.3, 0.4) is 0 Å². The van der Waals surface area contributed by atoms with Crippen molar-refractivity contribution in [2.24, 2.45) is 5.41 Å². The molecular formula is C64H40O12S2. The predicted octanol–water partition coefficient (Wildman–Crippen LogP) is 11.3. The van der Waals surface area contributed by atoms with Crippen molar-refractivity contribution in [3.63, 3.8) is 0 Å². The number of ketones is 4. The number of esters is 4. The Morgan fingerprint density at radius 3 is 1.15 bits per heavy atom. The van der Waals surface area contributed by atoms with Crippen LogP contribution in [0.2, 0.25) is 0 Å². The summed E-state index contributed by atoms with van der Waals surface area (Å²) in [5.74, 6) is -7.01. The molecule has 0 unspecified atom stereocenters. The summed E-state index contributed by atoms with van der Waals surface area (Å²) in [7, 11) is 0. The molecule has 4 aliphatic carbocycles. The molecule has 0 N–H and O–H groups in total. The van der Waals surface area contributed by atoms with Gasteiger partial charge in [-0.3, -0.25) is 38.4 Å². The summed E-state index contributed by atoms with van der Waals surface area (Å²) in [6.07, 6.45) is 3.92.